The van der Waals surface area contributed by atoms with Crippen molar-refractivity contribution >= 4 is 47.8 Å². The maximum atomic E-state index is 12.6. The van der Waals surface area contributed by atoms with Gasteiger partial charge in [0.2, 0.25) is 0 Å². The molecule has 86 heavy (non-hydrogen) atoms. The number of rotatable bonds is 23. The van der Waals surface area contributed by atoms with E-state index in [2.05, 4.69) is 20.8 Å². The van der Waals surface area contributed by atoms with Gasteiger partial charge in [-0.3, -0.25) is 19.2 Å². The molecule has 10 fully saturated rings. The molecule has 0 radical (unpaired) electrons. The lowest BCUT2D eigenvalue weighted by Crippen LogP contribution is -2.62. The van der Waals surface area contributed by atoms with Crippen molar-refractivity contribution in [3.8, 4) is 0 Å². The first-order valence-electron chi connectivity index (χ1n) is 33.7. The van der Waals surface area contributed by atoms with Crippen LogP contribution in [0.4, 0.5) is 0 Å². The third-order valence-corrected chi connectivity index (χ3v) is 22.5. The number of hydrogen-bond donors (Lipinski definition) is 0. The van der Waals surface area contributed by atoms with Crippen LogP contribution < -0.4 is 0 Å². The predicted molar refractivity (Wildman–Crippen MR) is 328 cm³/mol. The van der Waals surface area contributed by atoms with Crippen molar-refractivity contribution in [2.45, 2.75) is 294 Å². The average Bonchev–Trinajstić information content (AvgIpc) is 0.886. The van der Waals surface area contributed by atoms with Gasteiger partial charge in [0, 0.05) is 0 Å². The van der Waals surface area contributed by atoms with Gasteiger partial charge in [-0.15, -0.1) is 0 Å². The highest BCUT2D eigenvalue weighted by Crippen LogP contribution is 2.63. The van der Waals surface area contributed by atoms with E-state index in [0.29, 0.717) is 55.3 Å². The lowest BCUT2D eigenvalue weighted by Gasteiger charge is -2.61. The fourth-order valence-electron chi connectivity index (χ4n) is 15.6. The molecular formula is C70H116O16. The van der Waals surface area contributed by atoms with Gasteiger partial charge in [0.1, 0.15) is 22.4 Å². The van der Waals surface area contributed by atoms with Crippen LogP contribution in [-0.2, 0) is 76.3 Å². The van der Waals surface area contributed by atoms with Crippen LogP contribution in [0.2, 0.25) is 0 Å². The third kappa shape index (κ3) is 18.0. The smallest absolute Gasteiger partial charge is 0.344 e. The summed E-state index contributed by atoms with van der Waals surface area (Å²) in [6.07, 6.45) is 24.8. The molecule has 10 rings (SSSR count). The van der Waals surface area contributed by atoms with Gasteiger partial charge in [-0.05, 0) is 270 Å². The highest BCUT2D eigenvalue weighted by Gasteiger charge is 2.61. The monoisotopic (exact) mass is 1210 g/mol. The van der Waals surface area contributed by atoms with E-state index in [1.54, 1.807) is 13.8 Å². The zero-order chi connectivity index (χ0) is 64.3. The highest BCUT2D eigenvalue weighted by molar-refractivity contribution is 5.82. The first kappa shape index (κ1) is 72.5. The lowest BCUT2D eigenvalue weighted by molar-refractivity contribution is -0.228. The Morgan fingerprint density at radius 3 is 0.977 bits per heavy atom. The van der Waals surface area contributed by atoms with Crippen LogP contribution in [0, 0.1) is 74.9 Å². The number of ether oxygens (including phenoxy) is 8. The maximum absolute atomic E-state index is 12.6. The van der Waals surface area contributed by atoms with Crippen molar-refractivity contribution in [3.05, 3.63) is 0 Å². The van der Waals surface area contributed by atoms with Gasteiger partial charge in [-0.25, -0.2) is 19.2 Å². The van der Waals surface area contributed by atoms with Crippen molar-refractivity contribution in [2.75, 3.05) is 26.4 Å². The summed E-state index contributed by atoms with van der Waals surface area (Å²) >= 11 is 0. The summed E-state index contributed by atoms with van der Waals surface area (Å²) in [6.45, 7) is 31.7. The van der Waals surface area contributed by atoms with E-state index in [-0.39, 0.29) is 84.6 Å². The molecular weight excluding hydrogens is 1100 g/mol. The molecule has 0 aliphatic heterocycles. The Labute approximate surface area is 517 Å². The number of carbonyl (C=O) groups excluding carboxylic acids is 8. The molecule has 492 valence electrons. The summed E-state index contributed by atoms with van der Waals surface area (Å²) in [4.78, 5) is 96.0. The summed E-state index contributed by atoms with van der Waals surface area (Å²) in [6, 6.07) is 0. The third-order valence-electron chi connectivity index (χ3n) is 22.5. The van der Waals surface area contributed by atoms with Crippen LogP contribution in [0.5, 0.6) is 0 Å². The number of carbonyl (C=O) groups is 8. The van der Waals surface area contributed by atoms with Gasteiger partial charge < -0.3 is 37.9 Å². The Morgan fingerprint density at radius 2 is 0.674 bits per heavy atom. The first-order chi connectivity index (χ1) is 40.1. The Balaban J connectivity index is 0.000000212. The van der Waals surface area contributed by atoms with E-state index in [1.807, 2.05) is 83.1 Å². The molecule has 0 unspecified atom stereocenters. The molecule has 0 N–H and O–H groups in total. The van der Waals surface area contributed by atoms with Crippen molar-refractivity contribution in [3.63, 3.8) is 0 Å². The normalized spacial score (nSPS) is 28.9. The second kappa shape index (κ2) is 30.0. The fraction of sp³-hybridized carbons (Fsp3) is 0.886. The number of hydrogen-bond acceptors (Lipinski definition) is 16. The molecule has 0 aromatic carbocycles. The van der Waals surface area contributed by atoms with Crippen LogP contribution >= 0.6 is 0 Å². The summed E-state index contributed by atoms with van der Waals surface area (Å²) in [5, 5.41) is 0. The predicted octanol–water partition coefficient (Wildman–Crippen LogP) is 14.5. The second-order valence-electron chi connectivity index (χ2n) is 30.5. The molecule has 0 heterocycles. The van der Waals surface area contributed by atoms with Crippen LogP contribution in [0.3, 0.4) is 0 Å². The quantitative estimate of drug-likeness (QED) is 0.0688. The zero-order valence-corrected chi connectivity index (χ0v) is 56.5. The SMILES string of the molecule is CCC(C)(C)C(=O)OCC(=O)OC1(C(C)C)C2CC3CC(C2)CC1C3.CCC(C)(C)C(=O)OCC(=O)OC1(C)CCCC1.CCC(C)(C)C(=O)OCC(=O)OC1(CC)C2CC3CC(C2)CC1C3.CCC1(OC(=O)COC(=O)C(C)(C)CC)CCCC1. The molecule has 16 heteroatoms. The molecule has 0 saturated heterocycles. The molecule has 0 amide bonds. The van der Waals surface area contributed by atoms with E-state index in [0.717, 1.165) is 87.9 Å². The van der Waals surface area contributed by atoms with E-state index in [9.17, 15) is 38.4 Å². The molecule has 16 nitrogen and oxygen atoms in total. The van der Waals surface area contributed by atoms with Crippen molar-refractivity contribution < 1.29 is 76.3 Å². The van der Waals surface area contributed by atoms with Gasteiger partial charge in [0.05, 0.1) is 21.7 Å². The van der Waals surface area contributed by atoms with Gasteiger partial charge in [-0.2, -0.15) is 0 Å². The van der Waals surface area contributed by atoms with Gasteiger partial charge in [-0.1, -0.05) is 55.4 Å². The summed E-state index contributed by atoms with van der Waals surface area (Å²) < 4.78 is 43.7. The molecule has 8 bridgehead atoms. The maximum Gasteiger partial charge on any atom is 0.344 e. The minimum atomic E-state index is -0.557. The Morgan fingerprint density at radius 1 is 0.384 bits per heavy atom. The van der Waals surface area contributed by atoms with E-state index in [1.165, 1.54) is 64.2 Å². The molecule has 10 aliphatic carbocycles. The van der Waals surface area contributed by atoms with Crippen molar-refractivity contribution in [1.29, 1.82) is 0 Å². The zero-order valence-electron chi connectivity index (χ0n) is 56.5. The standard InChI is InChI=1S/C21H34O4.C20H32O4.C15H26O4.C14H24O4/c1-6-20(4,5)19(23)24-12-18(22)25-21(13(2)3)16-8-14-7-15(10-16)11-17(21)9-14;1-5-19(3,4)18(22)23-12-17(21)24-20(6-2)15-8-13-7-14(10-15)11-16(20)9-13;1-5-14(3,4)13(17)18-11-12(16)19-15(6-2)9-7-8-10-15;1-5-13(2,3)12(16)17-10-11(15)18-14(4)8-6-7-9-14/h13-17H,6-12H2,1-5H3;13-16H,5-12H2,1-4H3;5-11H2,1-4H3;5-10H2,1-4H3. The fourth-order valence-corrected chi connectivity index (χ4v) is 15.6. The summed E-state index contributed by atoms with van der Waals surface area (Å²) in [7, 11) is 0. The molecule has 0 aromatic heterocycles. The van der Waals surface area contributed by atoms with Crippen molar-refractivity contribution in [1.82, 2.24) is 0 Å². The van der Waals surface area contributed by atoms with Gasteiger partial charge >= 0.3 is 47.8 Å². The molecule has 0 atom stereocenters. The Hall–Kier alpha value is -4.24. The minimum Gasteiger partial charge on any atom is -0.457 e. The van der Waals surface area contributed by atoms with E-state index >= 15 is 0 Å². The Bertz CT molecular complexity index is 2260. The van der Waals surface area contributed by atoms with Crippen LogP contribution in [0.15, 0.2) is 0 Å². The lowest BCUT2D eigenvalue weighted by atomic mass is 9.47. The highest BCUT2D eigenvalue weighted by atomic mass is 16.6. The van der Waals surface area contributed by atoms with Crippen LogP contribution in [-0.4, -0.2) is 96.6 Å². The van der Waals surface area contributed by atoms with Crippen LogP contribution in [0.25, 0.3) is 0 Å². The Kier molecular flexibility index (Phi) is 25.3. The largest absolute Gasteiger partial charge is 0.457 e. The first-order valence-corrected chi connectivity index (χ1v) is 33.7. The summed E-state index contributed by atoms with van der Waals surface area (Å²) in [5.41, 5.74) is -3.53. The number of esters is 8. The topological polar surface area (TPSA) is 210 Å². The molecule has 0 spiro atoms. The van der Waals surface area contributed by atoms with Gasteiger partial charge in [0.15, 0.2) is 26.4 Å². The van der Waals surface area contributed by atoms with Crippen molar-refractivity contribution in [2.24, 2.45) is 74.9 Å². The van der Waals surface area contributed by atoms with Crippen LogP contribution in [0.1, 0.15) is 272 Å². The second-order valence-corrected chi connectivity index (χ2v) is 30.5. The van der Waals surface area contributed by atoms with E-state index in [4.69, 9.17) is 37.9 Å². The van der Waals surface area contributed by atoms with Gasteiger partial charge in [0.25, 0.3) is 0 Å². The van der Waals surface area contributed by atoms with E-state index < -0.39 is 33.6 Å². The summed E-state index contributed by atoms with van der Waals surface area (Å²) in [5.74, 6) is 2.66. The molecule has 10 saturated carbocycles. The average molecular weight is 1210 g/mol. The molecule has 0 aromatic rings. The minimum absolute atomic E-state index is 0.254. The molecule has 10 aliphatic rings.